The largest absolute Gasteiger partial charge is 0.495 e. The van der Waals surface area contributed by atoms with Gasteiger partial charge in [0.15, 0.2) is 4.67 Å². The highest BCUT2D eigenvalue weighted by Gasteiger charge is 2.22. The number of furan rings is 1. The molecule has 0 aromatic carbocycles. The summed E-state index contributed by atoms with van der Waals surface area (Å²) < 4.78 is 11.4. The number of aromatic nitrogens is 1. The molecule has 2 heterocycles. The van der Waals surface area contributed by atoms with Gasteiger partial charge >= 0.3 is 0 Å². The molecule has 0 radical (unpaired) electrons. The van der Waals surface area contributed by atoms with E-state index in [9.17, 15) is 0 Å². The van der Waals surface area contributed by atoms with E-state index in [4.69, 9.17) is 9.15 Å². The van der Waals surface area contributed by atoms with Crippen LogP contribution in [0.25, 0.3) is 0 Å². The lowest BCUT2D eigenvalue weighted by molar-refractivity contribution is 0.399. The Labute approximate surface area is 121 Å². The third kappa shape index (κ3) is 3.16. The number of methoxy groups -OCH3 is 1. The summed E-state index contributed by atoms with van der Waals surface area (Å²) in [5, 5.41) is 3.47. The van der Waals surface area contributed by atoms with Crippen molar-refractivity contribution in [2.45, 2.75) is 19.4 Å². The first-order chi connectivity index (χ1) is 9.27. The Hall–Kier alpha value is -1.33. The average Bonchev–Trinajstić information content (AvgIpc) is 2.86. The highest BCUT2D eigenvalue weighted by Crippen LogP contribution is 2.32. The normalized spacial score (nSPS) is 12.4. The number of pyridine rings is 1. The van der Waals surface area contributed by atoms with Crippen LogP contribution in [0.4, 0.5) is 0 Å². The predicted octanol–water partition coefficient (Wildman–Crippen LogP) is 3.53. The minimum Gasteiger partial charge on any atom is -0.495 e. The second-order valence-electron chi connectivity index (χ2n) is 4.13. The van der Waals surface area contributed by atoms with Crippen LogP contribution in [0, 0.1) is 0 Å². The zero-order valence-electron chi connectivity index (χ0n) is 11.0. The Morgan fingerprint density at radius 1 is 1.47 bits per heavy atom. The molecule has 1 unspecified atom stereocenters. The lowest BCUT2D eigenvalue weighted by atomic mass is 10.1. The van der Waals surface area contributed by atoms with Crippen LogP contribution in [-0.4, -0.2) is 18.6 Å². The molecule has 0 amide bonds. The first-order valence-electron chi connectivity index (χ1n) is 6.23. The van der Waals surface area contributed by atoms with Crippen molar-refractivity contribution in [2.75, 3.05) is 13.7 Å². The standard InChI is InChI=1S/C14H17BrN2O2/c1-3-7-16-12(10-6-9-19-14(10)15)13-11(18-2)5-4-8-17-13/h4-6,8-9,12,16H,3,7H2,1-2H3. The second-order valence-corrected chi connectivity index (χ2v) is 4.85. The van der Waals surface area contributed by atoms with E-state index < -0.39 is 0 Å². The van der Waals surface area contributed by atoms with Gasteiger partial charge in [-0.05, 0) is 47.1 Å². The van der Waals surface area contributed by atoms with Gasteiger partial charge in [-0.1, -0.05) is 6.92 Å². The van der Waals surface area contributed by atoms with E-state index >= 15 is 0 Å². The first kappa shape index (κ1) is 14.1. The van der Waals surface area contributed by atoms with E-state index in [1.165, 1.54) is 0 Å². The monoisotopic (exact) mass is 324 g/mol. The lowest BCUT2D eigenvalue weighted by Crippen LogP contribution is -2.24. The molecule has 4 nitrogen and oxygen atoms in total. The number of halogens is 1. The molecule has 0 saturated carbocycles. The highest BCUT2D eigenvalue weighted by atomic mass is 79.9. The van der Waals surface area contributed by atoms with Gasteiger partial charge < -0.3 is 14.5 Å². The fourth-order valence-corrected chi connectivity index (χ4v) is 2.41. The zero-order valence-corrected chi connectivity index (χ0v) is 12.6. The Morgan fingerprint density at radius 3 is 2.95 bits per heavy atom. The average molecular weight is 325 g/mol. The molecule has 2 aromatic heterocycles. The number of nitrogens with one attached hydrogen (secondary N) is 1. The predicted molar refractivity (Wildman–Crippen MR) is 77.3 cm³/mol. The van der Waals surface area contributed by atoms with E-state index in [0.717, 1.165) is 30.0 Å². The van der Waals surface area contributed by atoms with Gasteiger partial charge in [-0.25, -0.2) is 0 Å². The number of rotatable bonds is 6. The van der Waals surface area contributed by atoms with E-state index in [0.29, 0.717) is 4.67 Å². The number of hydrogen-bond acceptors (Lipinski definition) is 4. The second kappa shape index (κ2) is 6.73. The molecule has 1 atom stereocenters. The molecule has 0 bridgehead atoms. The van der Waals surface area contributed by atoms with Crippen LogP contribution < -0.4 is 10.1 Å². The summed E-state index contributed by atoms with van der Waals surface area (Å²) in [6.45, 7) is 3.02. The Balaban J connectivity index is 2.40. The van der Waals surface area contributed by atoms with E-state index in [1.807, 2.05) is 18.2 Å². The molecule has 0 aliphatic rings. The molecule has 102 valence electrons. The van der Waals surface area contributed by atoms with Crippen LogP contribution in [0.2, 0.25) is 0 Å². The van der Waals surface area contributed by atoms with Gasteiger partial charge in [0.1, 0.15) is 11.4 Å². The molecule has 5 heteroatoms. The van der Waals surface area contributed by atoms with Crippen molar-refractivity contribution in [3.8, 4) is 5.75 Å². The molecule has 0 saturated heterocycles. The van der Waals surface area contributed by atoms with E-state index in [-0.39, 0.29) is 6.04 Å². The first-order valence-corrected chi connectivity index (χ1v) is 7.02. The summed E-state index contributed by atoms with van der Waals surface area (Å²) >= 11 is 3.43. The Bertz CT molecular complexity index is 528. The van der Waals surface area contributed by atoms with Crippen molar-refractivity contribution in [3.63, 3.8) is 0 Å². The molecule has 0 aliphatic heterocycles. The van der Waals surface area contributed by atoms with Gasteiger partial charge in [0.25, 0.3) is 0 Å². The van der Waals surface area contributed by atoms with Gasteiger partial charge in [0, 0.05) is 11.8 Å². The number of hydrogen-bond donors (Lipinski definition) is 1. The van der Waals surface area contributed by atoms with Crippen molar-refractivity contribution in [3.05, 3.63) is 46.6 Å². The molecule has 2 aromatic rings. The van der Waals surface area contributed by atoms with Gasteiger partial charge in [-0.3, -0.25) is 4.98 Å². The molecule has 1 N–H and O–H groups in total. The maximum Gasteiger partial charge on any atom is 0.174 e. The summed E-state index contributed by atoms with van der Waals surface area (Å²) in [7, 11) is 1.65. The third-order valence-corrected chi connectivity index (χ3v) is 3.49. The third-order valence-electron chi connectivity index (χ3n) is 2.85. The van der Waals surface area contributed by atoms with E-state index in [1.54, 1.807) is 19.6 Å². The zero-order chi connectivity index (χ0) is 13.7. The number of nitrogens with zero attached hydrogens (tertiary/aromatic N) is 1. The maximum absolute atomic E-state index is 5.40. The quantitative estimate of drug-likeness (QED) is 0.882. The summed E-state index contributed by atoms with van der Waals surface area (Å²) in [5.41, 5.74) is 1.88. The van der Waals surface area contributed by atoms with Gasteiger partial charge in [0.2, 0.25) is 0 Å². The molecule has 0 fully saturated rings. The van der Waals surface area contributed by atoms with Crippen molar-refractivity contribution in [2.24, 2.45) is 0 Å². The van der Waals surface area contributed by atoms with Gasteiger partial charge in [0.05, 0.1) is 19.4 Å². The fourth-order valence-electron chi connectivity index (χ4n) is 1.95. The van der Waals surface area contributed by atoms with Crippen LogP contribution in [0.1, 0.15) is 30.6 Å². The molecule has 0 spiro atoms. The van der Waals surface area contributed by atoms with Crippen LogP contribution in [0.3, 0.4) is 0 Å². The minimum absolute atomic E-state index is 0.0516. The number of ether oxygens (including phenoxy) is 1. The Morgan fingerprint density at radius 2 is 2.32 bits per heavy atom. The Kier molecular flexibility index (Phi) is 4.99. The summed E-state index contributed by atoms with van der Waals surface area (Å²) in [6.07, 6.45) is 4.48. The van der Waals surface area contributed by atoms with Crippen LogP contribution >= 0.6 is 15.9 Å². The SMILES string of the molecule is CCCNC(c1ccoc1Br)c1ncccc1OC. The van der Waals surface area contributed by atoms with Gasteiger partial charge in [-0.15, -0.1) is 0 Å². The van der Waals surface area contributed by atoms with Crippen LogP contribution in [-0.2, 0) is 0 Å². The molecule has 0 aliphatic carbocycles. The summed E-state index contributed by atoms with van der Waals surface area (Å²) in [4.78, 5) is 4.45. The van der Waals surface area contributed by atoms with Gasteiger partial charge in [-0.2, -0.15) is 0 Å². The van der Waals surface area contributed by atoms with Crippen molar-refractivity contribution in [1.29, 1.82) is 0 Å². The van der Waals surface area contributed by atoms with Crippen molar-refractivity contribution < 1.29 is 9.15 Å². The minimum atomic E-state index is -0.0516. The van der Waals surface area contributed by atoms with E-state index in [2.05, 4.69) is 33.2 Å². The summed E-state index contributed by atoms with van der Waals surface area (Å²) in [5.74, 6) is 0.768. The molecular weight excluding hydrogens is 308 g/mol. The topological polar surface area (TPSA) is 47.3 Å². The van der Waals surface area contributed by atoms with Crippen LogP contribution in [0.15, 0.2) is 39.7 Å². The smallest absolute Gasteiger partial charge is 0.174 e. The summed E-state index contributed by atoms with van der Waals surface area (Å²) in [6, 6.07) is 5.66. The molecule has 19 heavy (non-hydrogen) atoms. The van der Waals surface area contributed by atoms with Crippen LogP contribution in [0.5, 0.6) is 5.75 Å². The lowest BCUT2D eigenvalue weighted by Gasteiger charge is -2.19. The van der Waals surface area contributed by atoms with Crippen molar-refractivity contribution >= 4 is 15.9 Å². The molecule has 2 rings (SSSR count). The fraction of sp³-hybridized carbons (Fsp3) is 0.357. The highest BCUT2D eigenvalue weighted by molar-refractivity contribution is 9.10. The van der Waals surface area contributed by atoms with Crippen molar-refractivity contribution in [1.82, 2.24) is 10.3 Å². The molecular formula is C14H17BrN2O2. The maximum atomic E-state index is 5.40.